The first kappa shape index (κ1) is 19.5. The SMILES string of the molecule is COc1cc2c(cc1OC)[C@@H]1C(=O)c3cc(I)c4c(c3O[C@@H]1CO2)C=CC(C)(C)O4. The van der Waals surface area contributed by atoms with Crippen LogP contribution in [0, 0.1) is 3.57 Å². The molecule has 3 heterocycles. The van der Waals surface area contributed by atoms with Crippen LogP contribution in [0.3, 0.4) is 0 Å². The zero-order valence-electron chi connectivity index (χ0n) is 17.1. The molecule has 0 unspecified atom stereocenters. The Morgan fingerprint density at radius 3 is 2.57 bits per heavy atom. The Hall–Kier alpha value is -2.42. The van der Waals surface area contributed by atoms with Crippen molar-refractivity contribution >= 4 is 34.5 Å². The van der Waals surface area contributed by atoms with Crippen LogP contribution in [0.5, 0.6) is 28.7 Å². The van der Waals surface area contributed by atoms with Crippen molar-refractivity contribution in [1.82, 2.24) is 0 Å². The number of fused-ring (bicyclic) bond motifs is 6. The van der Waals surface area contributed by atoms with Gasteiger partial charge in [0, 0.05) is 11.6 Å². The highest BCUT2D eigenvalue weighted by atomic mass is 127. The summed E-state index contributed by atoms with van der Waals surface area (Å²) in [6.07, 6.45) is 3.54. The van der Waals surface area contributed by atoms with Gasteiger partial charge in [-0.15, -0.1) is 0 Å². The third kappa shape index (κ3) is 2.85. The van der Waals surface area contributed by atoms with Crippen molar-refractivity contribution in [3.05, 3.63) is 44.5 Å². The Morgan fingerprint density at radius 2 is 1.83 bits per heavy atom. The van der Waals surface area contributed by atoms with Crippen LogP contribution in [-0.2, 0) is 0 Å². The first-order chi connectivity index (χ1) is 14.3. The average molecular weight is 520 g/mol. The lowest BCUT2D eigenvalue weighted by Gasteiger charge is -2.39. The largest absolute Gasteiger partial charge is 0.493 e. The Morgan fingerprint density at radius 1 is 1.10 bits per heavy atom. The molecule has 5 rings (SSSR count). The van der Waals surface area contributed by atoms with Crippen molar-refractivity contribution in [2.75, 3.05) is 20.8 Å². The lowest BCUT2D eigenvalue weighted by atomic mass is 9.81. The van der Waals surface area contributed by atoms with E-state index in [1.54, 1.807) is 20.3 Å². The van der Waals surface area contributed by atoms with E-state index in [0.717, 1.165) is 20.4 Å². The van der Waals surface area contributed by atoms with Crippen molar-refractivity contribution in [2.45, 2.75) is 31.5 Å². The Kier molecular flexibility index (Phi) is 4.43. The van der Waals surface area contributed by atoms with E-state index < -0.39 is 17.6 Å². The molecule has 0 saturated carbocycles. The molecule has 3 aliphatic rings. The van der Waals surface area contributed by atoms with E-state index in [2.05, 4.69) is 22.6 Å². The molecular formula is C23H21IO6. The smallest absolute Gasteiger partial charge is 0.178 e. The molecule has 6 nitrogen and oxygen atoms in total. The number of hydrogen-bond acceptors (Lipinski definition) is 6. The molecule has 2 aromatic rings. The summed E-state index contributed by atoms with van der Waals surface area (Å²) < 4.78 is 30.1. The Bertz CT molecular complexity index is 1100. The topological polar surface area (TPSA) is 63.2 Å². The third-order valence-electron chi connectivity index (χ3n) is 5.68. The second-order valence-electron chi connectivity index (χ2n) is 8.07. The van der Waals surface area contributed by atoms with Crippen LogP contribution in [0.2, 0.25) is 0 Å². The zero-order chi connectivity index (χ0) is 21.2. The summed E-state index contributed by atoms with van der Waals surface area (Å²) in [5.41, 5.74) is 1.71. The lowest BCUT2D eigenvalue weighted by Crippen LogP contribution is -2.43. The molecule has 0 fully saturated rings. The van der Waals surface area contributed by atoms with E-state index in [4.69, 9.17) is 23.7 Å². The van der Waals surface area contributed by atoms with E-state index in [1.165, 1.54) is 0 Å². The summed E-state index contributed by atoms with van der Waals surface area (Å²) in [6.45, 7) is 4.27. The van der Waals surface area contributed by atoms with Gasteiger partial charge in [0.15, 0.2) is 17.3 Å². The minimum Gasteiger partial charge on any atom is -0.493 e. The standard InChI is InChI=1S/C23H21IO6/c1-23(2)6-5-11-21-13(7-14(24)22(11)30-23)20(25)19-12-8-16(26-3)17(27-4)9-15(12)28-10-18(19)29-21/h5-9,18-19H,10H2,1-4H3/t18-,19+/m1/s1. The van der Waals surface area contributed by atoms with Crippen LogP contribution >= 0.6 is 22.6 Å². The van der Waals surface area contributed by atoms with Gasteiger partial charge in [-0.05, 0) is 60.7 Å². The number of benzene rings is 2. The van der Waals surface area contributed by atoms with Gasteiger partial charge in [0.1, 0.15) is 35.6 Å². The summed E-state index contributed by atoms with van der Waals surface area (Å²) in [4.78, 5) is 13.7. The van der Waals surface area contributed by atoms with Gasteiger partial charge in [-0.1, -0.05) is 0 Å². The van der Waals surface area contributed by atoms with Gasteiger partial charge < -0.3 is 23.7 Å². The molecule has 0 spiro atoms. The number of methoxy groups -OCH3 is 2. The van der Waals surface area contributed by atoms with E-state index in [0.29, 0.717) is 28.6 Å². The fourth-order valence-electron chi connectivity index (χ4n) is 4.22. The number of hydrogen-bond donors (Lipinski definition) is 0. The number of ketones is 1. The highest BCUT2D eigenvalue weighted by molar-refractivity contribution is 14.1. The first-order valence-corrected chi connectivity index (χ1v) is 10.7. The number of carbonyl (C=O) groups is 1. The Labute approximate surface area is 188 Å². The van der Waals surface area contributed by atoms with Crippen molar-refractivity contribution < 1.29 is 28.5 Å². The summed E-state index contributed by atoms with van der Waals surface area (Å²) in [5, 5.41) is 0. The fourth-order valence-corrected chi connectivity index (χ4v) is 4.94. The highest BCUT2D eigenvalue weighted by Crippen LogP contribution is 2.50. The predicted molar refractivity (Wildman–Crippen MR) is 119 cm³/mol. The summed E-state index contributed by atoms with van der Waals surface area (Å²) in [7, 11) is 3.14. The van der Waals surface area contributed by atoms with Crippen LogP contribution < -0.4 is 23.7 Å². The van der Waals surface area contributed by atoms with Crippen LogP contribution in [0.4, 0.5) is 0 Å². The molecule has 2 atom stereocenters. The van der Waals surface area contributed by atoms with Crippen LogP contribution in [-0.4, -0.2) is 38.3 Å². The quantitative estimate of drug-likeness (QED) is 0.540. The van der Waals surface area contributed by atoms with E-state index in [1.807, 2.05) is 38.1 Å². The van der Waals surface area contributed by atoms with Gasteiger partial charge in [-0.25, -0.2) is 0 Å². The number of rotatable bonds is 2. The number of halogens is 1. The number of carbonyl (C=O) groups excluding carboxylic acids is 1. The number of ether oxygens (including phenoxy) is 5. The molecule has 0 N–H and O–H groups in total. The zero-order valence-corrected chi connectivity index (χ0v) is 19.2. The molecule has 3 aliphatic heterocycles. The van der Waals surface area contributed by atoms with Crippen molar-refractivity contribution in [3.63, 3.8) is 0 Å². The molecule has 7 heteroatoms. The van der Waals surface area contributed by atoms with Gasteiger partial charge in [-0.2, -0.15) is 0 Å². The molecular weight excluding hydrogens is 499 g/mol. The molecule has 0 radical (unpaired) electrons. The van der Waals surface area contributed by atoms with Gasteiger partial charge >= 0.3 is 0 Å². The first-order valence-electron chi connectivity index (χ1n) is 9.67. The molecule has 0 aliphatic carbocycles. The van der Waals surface area contributed by atoms with Crippen LogP contribution in [0.1, 0.15) is 41.3 Å². The average Bonchev–Trinajstić information content (AvgIpc) is 2.73. The fraction of sp³-hybridized carbons (Fsp3) is 0.348. The minimum absolute atomic E-state index is 0.0111. The highest BCUT2D eigenvalue weighted by Gasteiger charge is 2.45. The lowest BCUT2D eigenvalue weighted by molar-refractivity contribution is 0.0552. The molecule has 2 aromatic carbocycles. The summed E-state index contributed by atoms with van der Waals surface area (Å²) in [6, 6.07) is 5.44. The predicted octanol–water partition coefficient (Wildman–Crippen LogP) is 4.61. The molecule has 0 saturated heterocycles. The molecule has 0 aromatic heterocycles. The van der Waals surface area contributed by atoms with Crippen molar-refractivity contribution in [1.29, 1.82) is 0 Å². The molecule has 0 amide bonds. The van der Waals surface area contributed by atoms with Crippen molar-refractivity contribution in [3.8, 4) is 28.7 Å². The van der Waals surface area contributed by atoms with Crippen LogP contribution in [0.15, 0.2) is 24.3 Å². The van der Waals surface area contributed by atoms with Gasteiger partial charge in [0.2, 0.25) is 0 Å². The summed E-state index contributed by atoms with van der Waals surface area (Å²) in [5.74, 6) is 2.58. The third-order valence-corrected chi connectivity index (χ3v) is 6.48. The van der Waals surface area contributed by atoms with E-state index >= 15 is 0 Å². The maximum absolute atomic E-state index is 13.7. The molecule has 30 heavy (non-hydrogen) atoms. The van der Waals surface area contributed by atoms with E-state index in [-0.39, 0.29) is 12.4 Å². The summed E-state index contributed by atoms with van der Waals surface area (Å²) >= 11 is 2.22. The van der Waals surface area contributed by atoms with Gasteiger partial charge in [0.05, 0.1) is 34.8 Å². The monoisotopic (exact) mass is 520 g/mol. The number of Topliss-reactive ketones (excluding diaryl/α,β-unsaturated/α-hetero) is 1. The van der Waals surface area contributed by atoms with E-state index in [9.17, 15) is 4.79 Å². The van der Waals surface area contributed by atoms with Gasteiger partial charge in [-0.3, -0.25) is 4.79 Å². The normalized spacial score (nSPS) is 22.4. The van der Waals surface area contributed by atoms with Gasteiger partial charge in [0.25, 0.3) is 0 Å². The molecule has 0 bridgehead atoms. The Balaban J connectivity index is 1.64. The second kappa shape index (κ2) is 6.80. The second-order valence-corrected chi connectivity index (χ2v) is 9.23. The van der Waals surface area contributed by atoms with Crippen LogP contribution in [0.25, 0.3) is 6.08 Å². The molecule has 156 valence electrons. The minimum atomic E-state index is -0.472. The maximum Gasteiger partial charge on any atom is 0.178 e. The maximum atomic E-state index is 13.7. The van der Waals surface area contributed by atoms with Crippen molar-refractivity contribution in [2.24, 2.45) is 0 Å².